The second-order valence-corrected chi connectivity index (χ2v) is 7.35. The van der Waals surface area contributed by atoms with E-state index in [0.29, 0.717) is 26.0 Å². The molecule has 1 N–H and O–H groups in total. The van der Waals surface area contributed by atoms with Gasteiger partial charge in [0.05, 0.1) is 11.7 Å². The molecule has 1 aromatic rings. The number of para-hydroxylation sites is 1. The first-order valence-corrected chi connectivity index (χ1v) is 8.68. The highest BCUT2D eigenvalue weighted by Gasteiger charge is 2.25. The predicted molar refractivity (Wildman–Crippen MR) is 76.5 cm³/mol. The Hall–Kier alpha value is -1.56. The molecule has 0 spiro atoms. The average molecular weight is 297 g/mol. The van der Waals surface area contributed by atoms with Gasteiger partial charge in [0.25, 0.3) is 0 Å². The molecule has 1 atom stereocenters. The molecule has 20 heavy (non-hydrogen) atoms. The molecule has 1 unspecified atom stereocenters. The van der Waals surface area contributed by atoms with Crippen molar-refractivity contribution in [2.75, 3.05) is 25.2 Å². The number of carbonyl (C=O) groups is 1. The molecule has 2 rings (SSSR count). The molecule has 1 amide bonds. The highest BCUT2D eigenvalue weighted by molar-refractivity contribution is 7.90. The third kappa shape index (κ3) is 4.23. The van der Waals surface area contributed by atoms with Crippen molar-refractivity contribution in [3.63, 3.8) is 0 Å². The van der Waals surface area contributed by atoms with Gasteiger partial charge in [0, 0.05) is 12.8 Å². The van der Waals surface area contributed by atoms with Gasteiger partial charge in [-0.2, -0.15) is 0 Å². The Bertz CT molecular complexity index is 583. The predicted octanol–water partition coefficient (Wildman–Crippen LogP) is 0.789. The molecule has 1 aliphatic rings. The second kappa shape index (κ2) is 6.26. The van der Waals surface area contributed by atoms with E-state index < -0.39 is 9.84 Å². The van der Waals surface area contributed by atoms with E-state index in [-0.39, 0.29) is 17.6 Å². The van der Waals surface area contributed by atoms with Gasteiger partial charge in [0.1, 0.15) is 22.2 Å². The number of carbonyl (C=O) groups excluding carboxylic acids is 1. The topological polar surface area (TPSA) is 72.5 Å². The van der Waals surface area contributed by atoms with Gasteiger partial charge < -0.3 is 10.1 Å². The van der Waals surface area contributed by atoms with Crippen LogP contribution < -0.4 is 10.1 Å². The van der Waals surface area contributed by atoms with Crippen molar-refractivity contribution in [2.24, 2.45) is 5.92 Å². The first-order valence-electron chi connectivity index (χ1n) is 6.62. The molecule has 110 valence electrons. The highest BCUT2D eigenvalue weighted by Crippen LogP contribution is 2.26. The number of amides is 1. The molecule has 5 nitrogen and oxygen atoms in total. The maximum atomic E-state index is 12.0. The molecule has 0 radical (unpaired) electrons. The summed E-state index contributed by atoms with van der Waals surface area (Å²) in [4.78, 5) is 12.0. The van der Waals surface area contributed by atoms with Crippen LogP contribution in [0.2, 0.25) is 0 Å². The number of sulfone groups is 1. The Morgan fingerprint density at radius 1 is 1.40 bits per heavy atom. The van der Waals surface area contributed by atoms with Crippen LogP contribution in [0.4, 0.5) is 0 Å². The molecular weight excluding hydrogens is 278 g/mol. The summed E-state index contributed by atoms with van der Waals surface area (Å²) in [6.45, 7) is 0.749. The molecular formula is C14H19NO4S. The third-order valence-electron chi connectivity index (χ3n) is 3.24. The van der Waals surface area contributed by atoms with Crippen LogP contribution in [0.25, 0.3) is 0 Å². The van der Waals surface area contributed by atoms with Crippen molar-refractivity contribution in [1.82, 2.24) is 5.32 Å². The number of rotatable bonds is 5. The molecule has 0 saturated heterocycles. The maximum absolute atomic E-state index is 12.0. The lowest BCUT2D eigenvalue weighted by Gasteiger charge is -2.24. The SMILES string of the molecule is CS(=O)(=O)CCCNC(=O)C1COc2ccccc2C1. The average Bonchev–Trinajstić information content (AvgIpc) is 2.42. The smallest absolute Gasteiger partial charge is 0.226 e. The number of ether oxygens (including phenoxy) is 1. The number of hydrogen-bond donors (Lipinski definition) is 1. The van der Waals surface area contributed by atoms with Crippen LogP contribution in [0.15, 0.2) is 24.3 Å². The lowest BCUT2D eigenvalue weighted by Crippen LogP contribution is -2.38. The van der Waals surface area contributed by atoms with E-state index in [4.69, 9.17) is 4.74 Å². The summed E-state index contributed by atoms with van der Waals surface area (Å²) in [6, 6.07) is 7.69. The van der Waals surface area contributed by atoms with E-state index >= 15 is 0 Å². The fourth-order valence-electron chi connectivity index (χ4n) is 2.19. The van der Waals surface area contributed by atoms with E-state index in [9.17, 15) is 13.2 Å². The van der Waals surface area contributed by atoms with E-state index in [1.54, 1.807) is 0 Å². The van der Waals surface area contributed by atoms with Crippen LogP contribution in [-0.4, -0.2) is 39.5 Å². The highest BCUT2D eigenvalue weighted by atomic mass is 32.2. The quantitative estimate of drug-likeness (QED) is 0.816. The zero-order chi connectivity index (χ0) is 14.6. The Morgan fingerprint density at radius 3 is 2.90 bits per heavy atom. The van der Waals surface area contributed by atoms with Gasteiger partial charge in [-0.25, -0.2) is 8.42 Å². The standard InChI is InChI=1S/C14H19NO4S/c1-20(17,18)8-4-7-15-14(16)12-9-11-5-2-3-6-13(11)19-10-12/h2-3,5-6,12H,4,7-10H2,1H3,(H,15,16). The van der Waals surface area contributed by atoms with E-state index in [2.05, 4.69) is 5.32 Å². The fraction of sp³-hybridized carbons (Fsp3) is 0.500. The van der Waals surface area contributed by atoms with Crippen LogP contribution in [-0.2, 0) is 21.1 Å². The molecule has 6 heteroatoms. The minimum Gasteiger partial charge on any atom is -0.492 e. The van der Waals surface area contributed by atoms with E-state index in [0.717, 1.165) is 11.3 Å². The Balaban J connectivity index is 1.80. The van der Waals surface area contributed by atoms with E-state index in [1.165, 1.54) is 6.26 Å². The van der Waals surface area contributed by atoms with Crippen LogP contribution in [0.3, 0.4) is 0 Å². The first kappa shape index (κ1) is 14.8. The van der Waals surface area contributed by atoms with Gasteiger partial charge in [-0.1, -0.05) is 18.2 Å². The van der Waals surface area contributed by atoms with Gasteiger partial charge >= 0.3 is 0 Å². The Kier molecular flexibility index (Phi) is 4.65. The van der Waals surface area contributed by atoms with Crippen molar-refractivity contribution < 1.29 is 17.9 Å². The maximum Gasteiger partial charge on any atom is 0.226 e. The van der Waals surface area contributed by atoms with Crippen molar-refractivity contribution in [1.29, 1.82) is 0 Å². The molecule has 0 aliphatic carbocycles. The summed E-state index contributed by atoms with van der Waals surface area (Å²) in [6.07, 6.45) is 2.30. The fourth-order valence-corrected chi connectivity index (χ4v) is 2.86. The van der Waals surface area contributed by atoms with Gasteiger partial charge in [0.2, 0.25) is 5.91 Å². The van der Waals surface area contributed by atoms with E-state index in [1.807, 2.05) is 24.3 Å². The van der Waals surface area contributed by atoms with Crippen LogP contribution in [0, 0.1) is 5.92 Å². The monoisotopic (exact) mass is 297 g/mol. The van der Waals surface area contributed by atoms with Crippen molar-refractivity contribution in [2.45, 2.75) is 12.8 Å². The van der Waals surface area contributed by atoms with Crippen LogP contribution in [0.5, 0.6) is 5.75 Å². The van der Waals surface area contributed by atoms with Crippen molar-refractivity contribution >= 4 is 15.7 Å². The van der Waals surface area contributed by atoms with Gasteiger partial charge in [0.15, 0.2) is 0 Å². The molecule has 1 aromatic carbocycles. The van der Waals surface area contributed by atoms with Gasteiger partial charge in [-0.15, -0.1) is 0 Å². The normalized spacial score (nSPS) is 17.9. The van der Waals surface area contributed by atoms with Crippen LogP contribution in [0.1, 0.15) is 12.0 Å². The lowest BCUT2D eigenvalue weighted by molar-refractivity contribution is -0.126. The zero-order valence-electron chi connectivity index (χ0n) is 11.5. The molecule has 1 heterocycles. The number of fused-ring (bicyclic) bond motifs is 1. The van der Waals surface area contributed by atoms with Gasteiger partial charge in [-0.05, 0) is 24.5 Å². The molecule has 0 bridgehead atoms. The van der Waals surface area contributed by atoms with Crippen molar-refractivity contribution in [3.05, 3.63) is 29.8 Å². The first-order chi connectivity index (χ1) is 9.46. The minimum atomic E-state index is -2.96. The second-order valence-electron chi connectivity index (χ2n) is 5.09. The summed E-state index contributed by atoms with van der Waals surface area (Å²) < 4.78 is 27.5. The summed E-state index contributed by atoms with van der Waals surface area (Å²) >= 11 is 0. The number of benzene rings is 1. The summed E-state index contributed by atoms with van der Waals surface area (Å²) in [5.41, 5.74) is 1.04. The number of hydrogen-bond acceptors (Lipinski definition) is 4. The molecule has 1 aliphatic heterocycles. The largest absolute Gasteiger partial charge is 0.492 e. The third-order valence-corrected chi connectivity index (χ3v) is 4.27. The summed E-state index contributed by atoms with van der Waals surface area (Å²) in [5.74, 6) is 0.654. The molecule has 0 aromatic heterocycles. The van der Waals surface area contributed by atoms with Crippen LogP contribution >= 0.6 is 0 Å². The Labute approximate surface area is 119 Å². The zero-order valence-corrected chi connectivity index (χ0v) is 12.3. The number of nitrogens with one attached hydrogen (secondary N) is 1. The molecule has 0 saturated carbocycles. The summed E-state index contributed by atoms with van der Waals surface area (Å²) in [7, 11) is -2.96. The Morgan fingerprint density at radius 2 is 2.15 bits per heavy atom. The van der Waals surface area contributed by atoms with Gasteiger partial charge in [-0.3, -0.25) is 4.79 Å². The summed E-state index contributed by atoms with van der Waals surface area (Å²) in [5, 5.41) is 2.77. The lowest BCUT2D eigenvalue weighted by atomic mass is 9.96. The van der Waals surface area contributed by atoms with Crippen molar-refractivity contribution in [3.8, 4) is 5.75 Å². The minimum absolute atomic E-state index is 0.0759. The molecule has 0 fully saturated rings.